The third-order valence-electron chi connectivity index (χ3n) is 4.12. The van der Waals surface area contributed by atoms with Gasteiger partial charge in [0, 0.05) is 11.7 Å². The van der Waals surface area contributed by atoms with Crippen LogP contribution in [-0.4, -0.2) is 14.7 Å². The van der Waals surface area contributed by atoms with Crippen LogP contribution in [0.5, 0.6) is 0 Å². The summed E-state index contributed by atoms with van der Waals surface area (Å²) in [5, 5.41) is 9.58. The Morgan fingerprint density at radius 1 is 1.21 bits per heavy atom. The number of nitrogens with zero attached hydrogens (tertiary/aromatic N) is 2. The highest BCUT2D eigenvalue weighted by Crippen LogP contribution is 2.32. The Kier molecular flexibility index (Phi) is 3.42. The summed E-state index contributed by atoms with van der Waals surface area (Å²) >= 11 is 0. The van der Waals surface area contributed by atoms with Crippen molar-refractivity contribution in [1.82, 2.24) is 9.55 Å². The molecule has 0 spiro atoms. The number of hydrogen-bond donors (Lipinski definition) is 2. The van der Waals surface area contributed by atoms with Gasteiger partial charge in [0.2, 0.25) is 0 Å². The van der Waals surface area contributed by atoms with E-state index in [0.29, 0.717) is 6.04 Å². The number of hydrogen-bond acceptors (Lipinski definition) is 3. The second-order valence-corrected chi connectivity index (χ2v) is 5.45. The molecule has 3 rings (SSSR count). The third-order valence-corrected chi connectivity index (χ3v) is 4.12. The molecule has 4 nitrogen and oxygen atoms in total. The van der Waals surface area contributed by atoms with E-state index < -0.39 is 0 Å². The zero-order valence-electron chi connectivity index (χ0n) is 11.2. The third kappa shape index (κ3) is 2.32. The fourth-order valence-electron chi connectivity index (χ4n) is 3.20. The molecular weight excluding hydrogens is 238 g/mol. The summed E-state index contributed by atoms with van der Waals surface area (Å²) in [5.41, 5.74) is 8.54. The maximum Gasteiger partial charge on any atom is 0.135 e. The second kappa shape index (κ2) is 5.21. The quantitative estimate of drug-likeness (QED) is 0.643. The molecule has 1 aromatic heterocycles. The summed E-state index contributed by atoms with van der Waals surface area (Å²) in [6.45, 7) is -0.00884. The highest BCUT2D eigenvalue weighted by molar-refractivity contribution is 5.79. The van der Waals surface area contributed by atoms with E-state index in [2.05, 4.69) is 9.55 Å². The van der Waals surface area contributed by atoms with Crippen LogP contribution in [-0.2, 0) is 6.61 Å². The van der Waals surface area contributed by atoms with Crippen molar-refractivity contribution in [3.63, 3.8) is 0 Å². The molecular formula is C15H21N3O. The van der Waals surface area contributed by atoms with Crippen LogP contribution in [0, 0.1) is 0 Å². The molecule has 0 radical (unpaired) electrons. The second-order valence-electron chi connectivity index (χ2n) is 5.45. The normalized spacial score (nSPS) is 17.7. The van der Waals surface area contributed by atoms with Crippen molar-refractivity contribution in [3.05, 3.63) is 24.0 Å². The van der Waals surface area contributed by atoms with E-state index in [1.54, 1.807) is 0 Å². The maximum atomic E-state index is 9.58. The number of aliphatic hydroxyl groups excluding tert-OH is 1. The van der Waals surface area contributed by atoms with Crippen molar-refractivity contribution < 1.29 is 5.11 Å². The first-order chi connectivity index (χ1) is 9.29. The van der Waals surface area contributed by atoms with Gasteiger partial charge in [-0.05, 0) is 31.0 Å². The fourth-order valence-corrected chi connectivity index (χ4v) is 3.20. The first kappa shape index (κ1) is 12.5. The molecule has 0 bridgehead atoms. The summed E-state index contributed by atoms with van der Waals surface area (Å²) in [5.74, 6) is 0.771. The number of nitrogens with two attached hydrogens (primary N) is 1. The van der Waals surface area contributed by atoms with Crippen LogP contribution in [0.1, 0.15) is 50.4 Å². The van der Waals surface area contributed by atoms with Crippen LogP contribution in [0.2, 0.25) is 0 Å². The molecule has 1 heterocycles. The number of aliphatic hydroxyl groups is 1. The number of nitrogen functional groups attached to an aromatic ring is 1. The molecule has 102 valence electrons. The molecule has 0 unspecified atom stereocenters. The Labute approximate surface area is 113 Å². The van der Waals surface area contributed by atoms with Crippen LogP contribution >= 0.6 is 0 Å². The SMILES string of the molecule is Nc1ccc2c(c1)nc(CO)n2C1CCCCCC1. The van der Waals surface area contributed by atoms with Crippen molar-refractivity contribution in [2.75, 3.05) is 5.73 Å². The summed E-state index contributed by atoms with van der Waals surface area (Å²) < 4.78 is 2.24. The monoisotopic (exact) mass is 259 g/mol. The molecule has 0 amide bonds. The lowest BCUT2D eigenvalue weighted by atomic mass is 10.1. The van der Waals surface area contributed by atoms with Gasteiger partial charge in [-0.1, -0.05) is 25.7 Å². The van der Waals surface area contributed by atoms with Crippen LogP contribution in [0.25, 0.3) is 11.0 Å². The standard InChI is InChI=1S/C15H21N3O/c16-11-7-8-14-13(9-11)17-15(10-19)18(14)12-5-3-1-2-4-6-12/h7-9,12,19H,1-6,10,16H2. The molecule has 1 aromatic carbocycles. The predicted octanol–water partition coefficient (Wildman–Crippen LogP) is 3.01. The smallest absolute Gasteiger partial charge is 0.135 e. The average Bonchev–Trinajstić information content (AvgIpc) is 2.60. The van der Waals surface area contributed by atoms with Gasteiger partial charge in [0.05, 0.1) is 11.0 Å². The molecule has 1 aliphatic rings. The van der Waals surface area contributed by atoms with E-state index in [9.17, 15) is 5.11 Å². The first-order valence-corrected chi connectivity index (χ1v) is 7.17. The summed E-state index contributed by atoms with van der Waals surface area (Å²) in [6.07, 6.45) is 7.55. The Morgan fingerprint density at radius 2 is 1.95 bits per heavy atom. The lowest BCUT2D eigenvalue weighted by molar-refractivity contribution is 0.259. The van der Waals surface area contributed by atoms with Gasteiger partial charge in [0.25, 0.3) is 0 Å². The van der Waals surface area contributed by atoms with Gasteiger partial charge in [-0.2, -0.15) is 0 Å². The summed E-state index contributed by atoms with van der Waals surface area (Å²) in [6, 6.07) is 6.31. The Hall–Kier alpha value is -1.55. The van der Waals surface area contributed by atoms with Gasteiger partial charge in [-0.3, -0.25) is 0 Å². The van der Waals surface area contributed by atoms with E-state index in [1.807, 2.05) is 18.2 Å². The summed E-state index contributed by atoms with van der Waals surface area (Å²) in [7, 11) is 0. The molecule has 2 aromatic rings. The number of anilines is 1. The van der Waals surface area contributed by atoms with Crippen molar-refractivity contribution in [1.29, 1.82) is 0 Å². The zero-order valence-corrected chi connectivity index (χ0v) is 11.2. The number of fused-ring (bicyclic) bond motifs is 1. The lowest BCUT2D eigenvalue weighted by Crippen LogP contribution is -2.11. The molecule has 19 heavy (non-hydrogen) atoms. The minimum absolute atomic E-state index is 0.00884. The topological polar surface area (TPSA) is 64.1 Å². The highest BCUT2D eigenvalue weighted by atomic mass is 16.3. The lowest BCUT2D eigenvalue weighted by Gasteiger charge is -2.19. The Balaban J connectivity index is 2.09. The Bertz CT molecular complexity index is 568. The van der Waals surface area contributed by atoms with Gasteiger partial charge in [-0.25, -0.2) is 4.98 Å². The maximum absolute atomic E-state index is 9.58. The van der Waals surface area contributed by atoms with Gasteiger partial charge in [-0.15, -0.1) is 0 Å². The number of benzene rings is 1. The van der Waals surface area contributed by atoms with Crippen LogP contribution in [0.4, 0.5) is 5.69 Å². The number of rotatable bonds is 2. The molecule has 0 saturated heterocycles. The van der Waals surface area contributed by atoms with Gasteiger partial charge in [0.15, 0.2) is 0 Å². The first-order valence-electron chi connectivity index (χ1n) is 7.17. The molecule has 4 heteroatoms. The molecule has 1 fully saturated rings. The minimum atomic E-state index is -0.00884. The molecule has 0 aliphatic heterocycles. The van der Waals surface area contributed by atoms with Gasteiger partial charge < -0.3 is 15.4 Å². The van der Waals surface area contributed by atoms with E-state index in [-0.39, 0.29) is 6.61 Å². The fraction of sp³-hybridized carbons (Fsp3) is 0.533. The molecule has 1 saturated carbocycles. The molecule has 0 atom stereocenters. The highest BCUT2D eigenvalue weighted by Gasteiger charge is 2.20. The van der Waals surface area contributed by atoms with Gasteiger partial charge >= 0.3 is 0 Å². The van der Waals surface area contributed by atoms with Crippen molar-refractivity contribution >= 4 is 16.7 Å². The van der Waals surface area contributed by atoms with E-state index in [0.717, 1.165) is 22.5 Å². The van der Waals surface area contributed by atoms with Crippen molar-refractivity contribution in [2.45, 2.75) is 51.2 Å². The predicted molar refractivity (Wildman–Crippen MR) is 76.8 cm³/mol. The van der Waals surface area contributed by atoms with E-state index in [4.69, 9.17) is 5.73 Å². The van der Waals surface area contributed by atoms with E-state index in [1.165, 1.54) is 38.5 Å². The van der Waals surface area contributed by atoms with Crippen LogP contribution in [0.15, 0.2) is 18.2 Å². The zero-order chi connectivity index (χ0) is 13.2. The van der Waals surface area contributed by atoms with Crippen LogP contribution < -0.4 is 5.73 Å². The number of imidazole rings is 1. The van der Waals surface area contributed by atoms with Gasteiger partial charge in [0.1, 0.15) is 12.4 Å². The molecule has 1 aliphatic carbocycles. The van der Waals surface area contributed by atoms with Crippen molar-refractivity contribution in [2.24, 2.45) is 0 Å². The average molecular weight is 259 g/mol. The minimum Gasteiger partial charge on any atom is -0.399 e. The Morgan fingerprint density at radius 3 is 2.63 bits per heavy atom. The largest absolute Gasteiger partial charge is 0.399 e. The molecule has 3 N–H and O–H groups in total. The van der Waals surface area contributed by atoms with Crippen molar-refractivity contribution in [3.8, 4) is 0 Å². The van der Waals surface area contributed by atoms with Crippen LogP contribution in [0.3, 0.4) is 0 Å². The summed E-state index contributed by atoms with van der Waals surface area (Å²) in [4.78, 5) is 4.53. The van der Waals surface area contributed by atoms with E-state index >= 15 is 0 Å². The number of aromatic nitrogens is 2.